The van der Waals surface area contributed by atoms with E-state index in [1.54, 1.807) is 0 Å². The number of benzene rings is 4. The van der Waals surface area contributed by atoms with Gasteiger partial charge in [0.05, 0.1) is 0 Å². The third kappa shape index (κ3) is 2.95. The Bertz CT molecular complexity index is 1100. The Morgan fingerprint density at radius 1 is 0.692 bits per heavy atom. The summed E-state index contributed by atoms with van der Waals surface area (Å²) in [6, 6.07) is 26.0. The molecular weight excluding hydrogens is 312 g/mol. The Kier molecular flexibility index (Phi) is 5.04. The topological polar surface area (TPSA) is 0 Å². The van der Waals surface area contributed by atoms with Crippen LogP contribution in [0, 0.1) is 6.92 Å². The van der Waals surface area contributed by atoms with Gasteiger partial charge >= 0.3 is 0 Å². The Morgan fingerprint density at radius 3 is 2.12 bits per heavy atom. The van der Waals surface area contributed by atoms with Crippen LogP contribution in [0.4, 0.5) is 0 Å². The summed E-state index contributed by atoms with van der Waals surface area (Å²) in [7, 11) is 0. The van der Waals surface area contributed by atoms with E-state index in [-0.39, 0.29) is 7.43 Å². The van der Waals surface area contributed by atoms with Gasteiger partial charge in [0.1, 0.15) is 0 Å². The summed E-state index contributed by atoms with van der Waals surface area (Å²) in [4.78, 5) is 0. The zero-order valence-corrected chi connectivity index (χ0v) is 14.4. The van der Waals surface area contributed by atoms with E-state index < -0.39 is 0 Å². The number of aryl methyl sites for hydroxylation is 1. The van der Waals surface area contributed by atoms with Crippen LogP contribution in [0.5, 0.6) is 0 Å². The van der Waals surface area contributed by atoms with Crippen molar-refractivity contribution < 1.29 is 0 Å². The lowest BCUT2D eigenvalue weighted by Crippen LogP contribution is -1.89. The molecule has 0 spiro atoms. The molecule has 0 atom stereocenters. The van der Waals surface area contributed by atoms with Gasteiger partial charge in [-0.05, 0) is 56.8 Å². The number of rotatable bonds is 3. The van der Waals surface area contributed by atoms with E-state index in [9.17, 15) is 0 Å². The third-order valence-electron chi connectivity index (χ3n) is 4.84. The molecular formula is C26H24. The van der Waals surface area contributed by atoms with E-state index in [0.29, 0.717) is 0 Å². The van der Waals surface area contributed by atoms with Gasteiger partial charge in [-0.25, -0.2) is 0 Å². The summed E-state index contributed by atoms with van der Waals surface area (Å²) in [5.41, 5.74) is 5.08. The molecule has 0 aliphatic heterocycles. The lowest BCUT2D eigenvalue weighted by Gasteiger charge is -2.14. The van der Waals surface area contributed by atoms with Gasteiger partial charge in [0, 0.05) is 0 Å². The first kappa shape index (κ1) is 17.7. The highest BCUT2D eigenvalue weighted by molar-refractivity contribution is 6.13. The van der Waals surface area contributed by atoms with Gasteiger partial charge in [0.2, 0.25) is 0 Å². The minimum atomic E-state index is 0. The van der Waals surface area contributed by atoms with Crippen molar-refractivity contribution in [2.24, 2.45) is 0 Å². The molecule has 0 aliphatic carbocycles. The standard InChI is InChI=1S/C25H20.CH4/c1-3-4-12-21-18(2)22-13-8-9-14-23(22)25-17-20(15-16-24(21)25)19-10-6-5-7-11-19;/h3-17H,1H2,2H3;1H4/b12-4-;. The largest absolute Gasteiger partial charge is 0.0991 e. The van der Waals surface area contributed by atoms with Crippen molar-refractivity contribution in [2.45, 2.75) is 14.4 Å². The van der Waals surface area contributed by atoms with Crippen LogP contribution >= 0.6 is 0 Å². The molecule has 0 nitrogen and oxygen atoms in total. The summed E-state index contributed by atoms with van der Waals surface area (Å²) in [6.45, 7) is 6.02. The first-order chi connectivity index (χ1) is 12.3. The summed E-state index contributed by atoms with van der Waals surface area (Å²) >= 11 is 0. The molecule has 0 saturated carbocycles. The average Bonchev–Trinajstić information content (AvgIpc) is 2.68. The molecule has 0 N–H and O–H groups in total. The smallest absolute Gasteiger partial charge is 0.00930 e. The lowest BCUT2D eigenvalue weighted by atomic mass is 9.90. The van der Waals surface area contributed by atoms with E-state index in [4.69, 9.17) is 0 Å². The van der Waals surface area contributed by atoms with Gasteiger partial charge in [-0.2, -0.15) is 0 Å². The van der Waals surface area contributed by atoms with Crippen LogP contribution in [0.25, 0.3) is 38.7 Å². The molecule has 0 heteroatoms. The molecule has 0 aliphatic rings. The molecule has 128 valence electrons. The van der Waals surface area contributed by atoms with Crippen LogP contribution in [-0.4, -0.2) is 0 Å². The predicted molar refractivity (Wildman–Crippen MR) is 118 cm³/mol. The fourth-order valence-electron chi connectivity index (χ4n) is 3.58. The van der Waals surface area contributed by atoms with Crippen molar-refractivity contribution in [1.29, 1.82) is 0 Å². The molecule has 0 bridgehead atoms. The van der Waals surface area contributed by atoms with Crippen LogP contribution in [0.3, 0.4) is 0 Å². The van der Waals surface area contributed by atoms with Gasteiger partial charge in [-0.3, -0.25) is 0 Å². The second-order valence-corrected chi connectivity index (χ2v) is 6.31. The summed E-state index contributed by atoms with van der Waals surface area (Å²) in [6.07, 6.45) is 6.01. The molecule has 4 aromatic carbocycles. The van der Waals surface area contributed by atoms with Crippen LogP contribution < -0.4 is 0 Å². The normalized spacial score (nSPS) is 11.0. The SMILES string of the molecule is C.C=C/C=C\c1c(C)c2ccccc2c2cc(-c3ccccc3)ccc12. The van der Waals surface area contributed by atoms with E-state index >= 15 is 0 Å². The molecule has 0 amide bonds. The zero-order valence-electron chi connectivity index (χ0n) is 14.4. The Balaban J connectivity index is 0.00000196. The predicted octanol–water partition coefficient (Wildman–Crippen LogP) is 7.80. The van der Waals surface area contributed by atoms with Gasteiger partial charge < -0.3 is 0 Å². The van der Waals surface area contributed by atoms with Crippen molar-refractivity contribution in [3.8, 4) is 11.1 Å². The molecule has 0 unspecified atom stereocenters. The van der Waals surface area contributed by atoms with Crippen LogP contribution in [0.1, 0.15) is 18.6 Å². The zero-order chi connectivity index (χ0) is 17.2. The maximum atomic E-state index is 3.81. The molecule has 26 heavy (non-hydrogen) atoms. The first-order valence-corrected chi connectivity index (χ1v) is 8.59. The average molecular weight is 336 g/mol. The monoisotopic (exact) mass is 336 g/mol. The summed E-state index contributed by atoms with van der Waals surface area (Å²) in [5.74, 6) is 0. The molecule has 0 heterocycles. The maximum absolute atomic E-state index is 3.81. The number of fused-ring (bicyclic) bond motifs is 3. The van der Waals surface area contributed by atoms with E-state index in [1.807, 2.05) is 12.2 Å². The highest BCUT2D eigenvalue weighted by Gasteiger charge is 2.10. The lowest BCUT2D eigenvalue weighted by molar-refractivity contribution is 1.52. The van der Waals surface area contributed by atoms with E-state index in [2.05, 4.69) is 92.4 Å². The quantitative estimate of drug-likeness (QED) is 0.264. The Morgan fingerprint density at radius 2 is 1.38 bits per heavy atom. The van der Waals surface area contributed by atoms with Crippen LogP contribution in [-0.2, 0) is 0 Å². The number of hydrogen-bond donors (Lipinski definition) is 0. The van der Waals surface area contributed by atoms with Gasteiger partial charge in [0.15, 0.2) is 0 Å². The van der Waals surface area contributed by atoms with E-state index in [0.717, 1.165) is 0 Å². The fraction of sp³-hybridized carbons (Fsp3) is 0.0769. The minimum absolute atomic E-state index is 0. The summed E-state index contributed by atoms with van der Waals surface area (Å²) in [5, 5.41) is 5.20. The van der Waals surface area contributed by atoms with Crippen molar-refractivity contribution >= 4 is 27.6 Å². The Hall–Kier alpha value is -3.12. The second-order valence-electron chi connectivity index (χ2n) is 6.31. The van der Waals surface area contributed by atoms with Gasteiger partial charge in [0.25, 0.3) is 0 Å². The Labute approximate surface area is 156 Å². The van der Waals surface area contributed by atoms with Crippen molar-refractivity contribution in [3.05, 3.63) is 103 Å². The van der Waals surface area contributed by atoms with Crippen molar-refractivity contribution in [1.82, 2.24) is 0 Å². The maximum Gasteiger partial charge on any atom is -0.00930 e. The van der Waals surface area contributed by atoms with Crippen molar-refractivity contribution in [2.75, 3.05) is 0 Å². The molecule has 0 aromatic heterocycles. The number of hydrogen-bond acceptors (Lipinski definition) is 0. The fourth-order valence-corrected chi connectivity index (χ4v) is 3.58. The minimum Gasteiger partial charge on any atom is -0.0991 e. The highest BCUT2D eigenvalue weighted by atomic mass is 14.1. The molecule has 0 fully saturated rings. The van der Waals surface area contributed by atoms with Crippen LogP contribution in [0.2, 0.25) is 0 Å². The van der Waals surface area contributed by atoms with E-state index in [1.165, 1.54) is 43.8 Å². The van der Waals surface area contributed by atoms with Crippen molar-refractivity contribution in [3.63, 3.8) is 0 Å². The summed E-state index contributed by atoms with van der Waals surface area (Å²) < 4.78 is 0. The molecule has 0 saturated heterocycles. The molecule has 0 radical (unpaired) electrons. The number of allylic oxidation sites excluding steroid dienone is 2. The third-order valence-corrected chi connectivity index (χ3v) is 4.84. The van der Waals surface area contributed by atoms with Crippen LogP contribution in [0.15, 0.2) is 91.5 Å². The highest BCUT2D eigenvalue weighted by Crippen LogP contribution is 2.35. The molecule has 4 rings (SSSR count). The van der Waals surface area contributed by atoms with Gasteiger partial charge in [-0.1, -0.05) is 99.0 Å². The molecule has 4 aromatic rings. The first-order valence-electron chi connectivity index (χ1n) is 8.59. The second kappa shape index (κ2) is 7.41. The van der Waals surface area contributed by atoms with Gasteiger partial charge in [-0.15, -0.1) is 0 Å².